The summed E-state index contributed by atoms with van der Waals surface area (Å²) in [5.74, 6) is -2.51. The Labute approximate surface area is 228 Å². The number of anilines is 1. The van der Waals surface area contributed by atoms with E-state index in [-0.39, 0.29) is 35.9 Å². The van der Waals surface area contributed by atoms with Gasteiger partial charge in [0.15, 0.2) is 0 Å². The molecule has 5 nitrogen and oxygen atoms in total. The summed E-state index contributed by atoms with van der Waals surface area (Å²) in [4.78, 5) is 25.5. The summed E-state index contributed by atoms with van der Waals surface area (Å²) in [5, 5.41) is 0. The molecule has 2 unspecified atom stereocenters. The van der Waals surface area contributed by atoms with Gasteiger partial charge >= 0.3 is 30.6 Å². The second-order valence-electron chi connectivity index (χ2n) is 9.09. The molecule has 0 N–H and O–H groups in total. The number of carbonyl (C=O) groups excluding carboxylic acids is 2. The van der Waals surface area contributed by atoms with E-state index in [0.29, 0.717) is 24.3 Å². The van der Waals surface area contributed by atoms with Gasteiger partial charge in [0, 0.05) is 18.4 Å². The van der Waals surface area contributed by atoms with E-state index in [0.717, 1.165) is 17.9 Å². The summed E-state index contributed by atoms with van der Waals surface area (Å²) in [7, 11) is 0. The van der Waals surface area contributed by atoms with Crippen LogP contribution in [0.4, 0.5) is 50.0 Å². The second-order valence-corrected chi connectivity index (χ2v) is 9.09. The molecule has 0 radical (unpaired) electrons. The van der Waals surface area contributed by atoms with Gasteiger partial charge in [0.2, 0.25) is 0 Å². The topological polar surface area (TPSA) is 55.8 Å². The van der Waals surface area contributed by atoms with Crippen LogP contribution in [-0.2, 0) is 32.8 Å². The summed E-state index contributed by atoms with van der Waals surface area (Å²) in [6.45, 7) is 3.17. The van der Waals surface area contributed by atoms with Gasteiger partial charge in [-0.15, -0.1) is 0 Å². The molecule has 224 valence electrons. The zero-order chi connectivity index (χ0) is 30.9. The number of fused-ring (bicyclic) bond motifs is 1. The molecule has 0 spiro atoms. The average molecular weight is 597 g/mol. The van der Waals surface area contributed by atoms with Crippen LogP contribution in [0.2, 0.25) is 0 Å². The predicted octanol–water partition coefficient (Wildman–Crippen LogP) is 8.23. The van der Waals surface area contributed by atoms with Gasteiger partial charge in [-0.1, -0.05) is 13.0 Å². The third-order valence-electron chi connectivity index (χ3n) is 6.32. The second kappa shape index (κ2) is 11.6. The minimum Gasteiger partial charge on any atom is -0.465 e. The fourth-order valence-electron chi connectivity index (χ4n) is 4.48. The van der Waals surface area contributed by atoms with Crippen LogP contribution in [0.5, 0.6) is 0 Å². The number of esters is 1. The number of alkyl halides is 9. The molecular weight excluding hydrogens is 573 g/mol. The van der Waals surface area contributed by atoms with Crippen LogP contribution in [0.15, 0.2) is 42.5 Å². The highest BCUT2D eigenvalue weighted by Crippen LogP contribution is 2.47. The molecule has 2 aromatic rings. The number of carbonyl (C=O) groups is 2. The van der Waals surface area contributed by atoms with Gasteiger partial charge < -0.3 is 9.47 Å². The molecule has 0 aliphatic carbocycles. The number of rotatable bonds is 6. The van der Waals surface area contributed by atoms with E-state index >= 15 is 0 Å². The first-order chi connectivity index (χ1) is 18.9. The maximum absolute atomic E-state index is 13.7. The van der Waals surface area contributed by atoms with E-state index in [1.54, 1.807) is 6.92 Å². The van der Waals surface area contributed by atoms with Crippen LogP contribution >= 0.6 is 0 Å². The fraction of sp³-hybridized carbons (Fsp3) is 0.407. The standard InChI is InChI=1S/C27H24F9NO4/c1-4-19-12-20(21-11-16(25(28,29)30)6-7-23(21)37(19)24(39)40-5-2)22(13-41-14(3)38)15-8-17(26(31,32)33)10-18(9-15)27(34,35)36/h6-12,19,22H,4-5,13H2,1-3H3. The van der Waals surface area contributed by atoms with Crippen molar-refractivity contribution >= 4 is 23.3 Å². The molecule has 1 aliphatic rings. The first-order valence-corrected chi connectivity index (χ1v) is 12.2. The van der Waals surface area contributed by atoms with Gasteiger partial charge in [-0.2, -0.15) is 39.5 Å². The van der Waals surface area contributed by atoms with Gasteiger partial charge in [-0.3, -0.25) is 9.69 Å². The minimum absolute atomic E-state index is 0.0855. The van der Waals surface area contributed by atoms with E-state index in [1.807, 2.05) is 0 Å². The SMILES string of the molecule is CCOC(=O)N1c2ccc(C(F)(F)F)cc2C(C(COC(C)=O)c2cc(C(F)(F)F)cc(C(F)(F)F)c2)=CC1CC. The summed E-state index contributed by atoms with van der Waals surface area (Å²) in [5.41, 5.74) is -5.69. The largest absolute Gasteiger partial charge is 0.465 e. The molecule has 41 heavy (non-hydrogen) atoms. The van der Waals surface area contributed by atoms with E-state index in [2.05, 4.69) is 0 Å². The Kier molecular flexibility index (Phi) is 9.04. The van der Waals surface area contributed by atoms with Crippen LogP contribution in [-0.4, -0.2) is 31.3 Å². The molecule has 0 bridgehead atoms. The average Bonchev–Trinajstić information content (AvgIpc) is 2.86. The van der Waals surface area contributed by atoms with E-state index < -0.39 is 71.4 Å². The lowest BCUT2D eigenvalue weighted by Gasteiger charge is -2.37. The Bertz CT molecular complexity index is 1300. The van der Waals surface area contributed by atoms with E-state index in [4.69, 9.17) is 9.47 Å². The highest BCUT2D eigenvalue weighted by atomic mass is 19.4. The van der Waals surface area contributed by atoms with Crippen molar-refractivity contribution in [2.24, 2.45) is 0 Å². The van der Waals surface area contributed by atoms with Gasteiger partial charge in [0.1, 0.15) is 6.61 Å². The molecule has 3 rings (SSSR count). The van der Waals surface area contributed by atoms with Crippen molar-refractivity contribution in [2.75, 3.05) is 18.1 Å². The van der Waals surface area contributed by atoms with Crippen LogP contribution in [0.1, 0.15) is 60.9 Å². The molecule has 2 atom stereocenters. The molecule has 14 heteroatoms. The maximum atomic E-state index is 13.7. The molecule has 0 aromatic heterocycles. The Hall–Kier alpha value is -3.71. The quantitative estimate of drug-likeness (QED) is 0.249. The number of hydrogen-bond donors (Lipinski definition) is 0. The molecule has 0 saturated carbocycles. The Balaban J connectivity index is 2.37. The van der Waals surface area contributed by atoms with E-state index in [9.17, 15) is 49.1 Å². The number of ether oxygens (including phenoxy) is 2. The van der Waals surface area contributed by atoms with Gasteiger partial charge in [0.05, 0.1) is 35.0 Å². The highest BCUT2D eigenvalue weighted by Gasteiger charge is 2.41. The Morgan fingerprint density at radius 1 is 0.829 bits per heavy atom. The van der Waals surface area contributed by atoms with Crippen LogP contribution in [0.25, 0.3) is 5.57 Å². The lowest BCUT2D eigenvalue weighted by atomic mass is 9.81. The van der Waals surface area contributed by atoms with Gasteiger partial charge in [-0.05, 0) is 60.9 Å². The summed E-state index contributed by atoms with van der Waals surface area (Å²) in [6, 6.07) is 2.15. The molecule has 0 fully saturated rings. The first-order valence-electron chi connectivity index (χ1n) is 12.2. The lowest BCUT2D eigenvalue weighted by molar-refractivity contribution is -0.144. The van der Waals surface area contributed by atoms with Crippen molar-refractivity contribution in [2.45, 2.75) is 57.7 Å². The van der Waals surface area contributed by atoms with Crippen LogP contribution in [0, 0.1) is 0 Å². The number of hydrogen-bond acceptors (Lipinski definition) is 4. The van der Waals surface area contributed by atoms with E-state index in [1.165, 1.54) is 13.0 Å². The summed E-state index contributed by atoms with van der Waals surface area (Å²) >= 11 is 0. The molecule has 2 aromatic carbocycles. The van der Waals surface area contributed by atoms with Crippen molar-refractivity contribution in [3.05, 3.63) is 70.3 Å². The number of benzene rings is 2. The van der Waals surface area contributed by atoms with Crippen molar-refractivity contribution in [1.82, 2.24) is 0 Å². The van der Waals surface area contributed by atoms with Crippen molar-refractivity contribution in [3.8, 4) is 0 Å². The smallest absolute Gasteiger partial charge is 0.416 e. The highest BCUT2D eigenvalue weighted by molar-refractivity contribution is 5.97. The molecule has 0 saturated heterocycles. The zero-order valence-corrected chi connectivity index (χ0v) is 21.8. The summed E-state index contributed by atoms with van der Waals surface area (Å²) in [6.07, 6.45) is -14.8. The molecule has 1 heterocycles. The number of nitrogens with zero attached hydrogens (tertiary/aromatic N) is 1. The Morgan fingerprint density at radius 3 is 1.85 bits per heavy atom. The van der Waals surface area contributed by atoms with Crippen LogP contribution < -0.4 is 4.90 Å². The van der Waals surface area contributed by atoms with Crippen molar-refractivity contribution < 1.29 is 58.6 Å². The fourth-order valence-corrected chi connectivity index (χ4v) is 4.48. The first kappa shape index (κ1) is 31.8. The number of amides is 1. The third kappa shape index (κ3) is 7.14. The van der Waals surface area contributed by atoms with Crippen molar-refractivity contribution in [1.29, 1.82) is 0 Å². The molecule has 1 amide bonds. The maximum Gasteiger partial charge on any atom is 0.416 e. The van der Waals surface area contributed by atoms with Gasteiger partial charge in [0.25, 0.3) is 0 Å². The van der Waals surface area contributed by atoms with Crippen LogP contribution in [0.3, 0.4) is 0 Å². The van der Waals surface area contributed by atoms with Gasteiger partial charge in [-0.25, -0.2) is 4.79 Å². The monoisotopic (exact) mass is 597 g/mol. The number of halogens is 9. The Morgan fingerprint density at radius 2 is 1.39 bits per heavy atom. The normalized spacial score (nSPS) is 16.5. The minimum atomic E-state index is -5.21. The zero-order valence-electron chi connectivity index (χ0n) is 21.8. The van der Waals surface area contributed by atoms with Crippen molar-refractivity contribution in [3.63, 3.8) is 0 Å². The lowest BCUT2D eigenvalue weighted by Crippen LogP contribution is -2.42. The molecular formula is C27H24F9NO4. The summed E-state index contributed by atoms with van der Waals surface area (Å²) < 4.78 is 133. The predicted molar refractivity (Wildman–Crippen MR) is 129 cm³/mol. The third-order valence-corrected chi connectivity index (χ3v) is 6.32. The molecule has 1 aliphatic heterocycles.